The molecule has 16 heavy (non-hydrogen) atoms. The van der Waals surface area contributed by atoms with E-state index in [1.165, 1.54) is 17.6 Å². The fourth-order valence-electron chi connectivity index (χ4n) is 2.57. The number of rotatable bonds is 2. The Morgan fingerprint density at radius 1 is 1.50 bits per heavy atom. The second-order valence-corrected chi connectivity index (χ2v) is 4.55. The van der Waals surface area contributed by atoms with E-state index in [1.54, 1.807) is 7.11 Å². The molecule has 0 radical (unpaired) electrons. The van der Waals surface area contributed by atoms with Gasteiger partial charge in [-0.3, -0.25) is 4.98 Å². The smallest absolute Gasteiger partial charge is 0.140 e. The fourth-order valence-corrected chi connectivity index (χ4v) is 2.57. The zero-order chi connectivity index (χ0) is 11.1. The van der Waals surface area contributed by atoms with E-state index >= 15 is 0 Å². The SMILES string of the molecule is COc1cc(C2=CCC3CNC23)cnc1C. The van der Waals surface area contributed by atoms with Crippen LogP contribution in [0.3, 0.4) is 0 Å². The second-order valence-electron chi connectivity index (χ2n) is 4.55. The average molecular weight is 216 g/mol. The molecule has 3 rings (SSSR count). The molecule has 1 aliphatic carbocycles. The third-order valence-corrected chi connectivity index (χ3v) is 3.64. The number of hydrogen-bond acceptors (Lipinski definition) is 3. The molecule has 3 heteroatoms. The first-order valence-corrected chi connectivity index (χ1v) is 5.74. The lowest BCUT2D eigenvalue weighted by Crippen LogP contribution is -2.50. The van der Waals surface area contributed by atoms with Crippen LogP contribution in [0.4, 0.5) is 0 Å². The second kappa shape index (κ2) is 3.59. The predicted octanol–water partition coefficient (Wildman–Crippen LogP) is 1.77. The van der Waals surface area contributed by atoms with Crippen molar-refractivity contribution in [1.29, 1.82) is 0 Å². The van der Waals surface area contributed by atoms with Crippen LogP contribution >= 0.6 is 0 Å². The summed E-state index contributed by atoms with van der Waals surface area (Å²) in [5.41, 5.74) is 3.53. The number of hydrogen-bond donors (Lipinski definition) is 1. The van der Waals surface area contributed by atoms with E-state index in [0.717, 1.165) is 23.9 Å². The van der Waals surface area contributed by atoms with Crippen LogP contribution in [0.15, 0.2) is 18.3 Å². The normalized spacial score (nSPS) is 27.0. The number of nitrogens with one attached hydrogen (secondary N) is 1. The van der Waals surface area contributed by atoms with Gasteiger partial charge in [0.05, 0.1) is 12.8 Å². The standard InChI is InChI=1S/C13H16N2O/c1-8-12(16-2)5-10(7-14-8)11-4-3-9-6-15-13(9)11/h4-5,7,9,13,15H,3,6H2,1-2H3. The Balaban J connectivity index is 1.95. The van der Waals surface area contributed by atoms with E-state index in [0.29, 0.717) is 6.04 Å². The maximum absolute atomic E-state index is 5.32. The Bertz CT molecular complexity index is 453. The molecule has 2 heterocycles. The van der Waals surface area contributed by atoms with E-state index in [4.69, 9.17) is 4.74 Å². The van der Waals surface area contributed by atoms with Crippen molar-refractivity contribution in [3.8, 4) is 5.75 Å². The van der Waals surface area contributed by atoms with Gasteiger partial charge in [-0.2, -0.15) is 0 Å². The topological polar surface area (TPSA) is 34.1 Å². The van der Waals surface area contributed by atoms with Gasteiger partial charge in [0.1, 0.15) is 5.75 Å². The van der Waals surface area contributed by atoms with Gasteiger partial charge in [-0.25, -0.2) is 0 Å². The molecule has 0 spiro atoms. The number of pyridine rings is 1. The number of aryl methyl sites for hydroxylation is 1. The summed E-state index contributed by atoms with van der Waals surface area (Å²) in [6, 6.07) is 2.64. The van der Waals surface area contributed by atoms with Crippen molar-refractivity contribution < 1.29 is 4.74 Å². The quantitative estimate of drug-likeness (QED) is 0.818. The van der Waals surface area contributed by atoms with E-state index in [-0.39, 0.29) is 0 Å². The monoisotopic (exact) mass is 216 g/mol. The van der Waals surface area contributed by atoms with Crippen molar-refractivity contribution in [2.75, 3.05) is 13.7 Å². The van der Waals surface area contributed by atoms with E-state index < -0.39 is 0 Å². The van der Waals surface area contributed by atoms with Crippen LogP contribution in [-0.2, 0) is 0 Å². The minimum Gasteiger partial charge on any atom is -0.495 e. The number of allylic oxidation sites excluding steroid dienone is 1. The molecular formula is C13H16N2O. The molecule has 0 aromatic carbocycles. The van der Waals surface area contributed by atoms with Gasteiger partial charge in [0, 0.05) is 24.3 Å². The lowest BCUT2D eigenvalue weighted by molar-refractivity contribution is 0.306. The van der Waals surface area contributed by atoms with Crippen molar-refractivity contribution in [2.45, 2.75) is 19.4 Å². The fraction of sp³-hybridized carbons (Fsp3) is 0.462. The first-order chi connectivity index (χ1) is 7.79. The highest BCUT2D eigenvalue weighted by Gasteiger charge is 2.37. The summed E-state index contributed by atoms with van der Waals surface area (Å²) in [7, 11) is 1.70. The molecule has 0 bridgehead atoms. The third-order valence-electron chi connectivity index (χ3n) is 3.64. The van der Waals surface area contributed by atoms with E-state index in [2.05, 4.69) is 22.4 Å². The van der Waals surface area contributed by atoms with Crippen molar-refractivity contribution in [3.05, 3.63) is 29.6 Å². The largest absolute Gasteiger partial charge is 0.495 e. The number of fused-ring (bicyclic) bond motifs is 1. The highest BCUT2D eigenvalue weighted by Crippen LogP contribution is 2.38. The number of ether oxygens (including phenoxy) is 1. The lowest BCUT2D eigenvalue weighted by Gasteiger charge is -2.34. The van der Waals surface area contributed by atoms with Crippen LogP contribution in [0.2, 0.25) is 0 Å². The van der Waals surface area contributed by atoms with Crippen molar-refractivity contribution >= 4 is 5.57 Å². The molecule has 3 nitrogen and oxygen atoms in total. The van der Waals surface area contributed by atoms with Gasteiger partial charge in [-0.1, -0.05) is 6.08 Å². The third kappa shape index (κ3) is 1.35. The maximum Gasteiger partial charge on any atom is 0.140 e. The number of nitrogens with zero attached hydrogens (tertiary/aromatic N) is 1. The van der Waals surface area contributed by atoms with Crippen LogP contribution in [-0.4, -0.2) is 24.7 Å². The van der Waals surface area contributed by atoms with Gasteiger partial charge in [0.15, 0.2) is 0 Å². The molecular weight excluding hydrogens is 200 g/mol. The Morgan fingerprint density at radius 3 is 3.00 bits per heavy atom. The maximum atomic E-state index is 5.32. The Labute approximate surface area is 95.5 Å². The molecule has 0 amide bonds. The summed E-state index contributed by atoms with van der Waals surface area (Å²) in [5.74, 6) is 1.68. The average Bonchev–Trinajstić information content (AvgIpc) is 2.54. The zero-order valence-corrected chi connectivity index (χ0v) is 9.66. The number of aromatic nitrogens is 1. The van der Waals surface area contributed by atoms with Crippen molar-refractivity contribution in [2.24, 2.45) is 5.92 Å². The summed E-state index contributed by atoms with van der Waals surface area (Å²) in [4.78, 5) is 4.38. The molecule has 1 fully saturated rings. The predicted molar refractivity (Wildman–Crippen MR) is 63.4 cm³/mol. The Hall–Kier alpha value is -1.35. The first kappa shape index (κ1) is 9.85. The van der Waals surface area contributed by atoms with Crippen LogP contribution in [0, 0.1) is 12.8 Å². The van der Waals surface area contributed by atoms with Crippen LogP contribution in [0.5, 0.6) is 5.75 Å². The van der Waals surface area contributed by atoms with Gasteiger partial charge >= 0.3 is 0 Å². The van der Waals surface area contributed by atoms with Crippen LogP contribution in [0.25, 0.3) is 5.57 Å². The molecule has 84 valence electrons. The van der Waals surface area contributed by atoms with Gasteiger partial charge in [-0.15, -0.1) is 0 Å². The summed E-state index contributed by atoms with van der Waals surface area (Å²) in [6.07, 6.45) is 5.48. The summed E-state index contributed by atoms with van der Waals surface area (Å²) >= 11 is 0. The molecule has 2 aliphatic rings. The molecule has 2 unspecified atom stereocenters. The molecule has 1 N–H and O–H groups in total. The lowest BCUT2D eigenvalue weighted by atomic mass is 9.89. The van der Waals surface area contributed by atoms with E-state index in [1.807, 2.05) is 13.1 Å². The summed E-state index contributed by atoms with van der Waals surface area (Å²) < 4.78 is 5.32. The van der Waals surface area contributed by atoms with Crippen LogP contribution < -0.4 is 10.1 Å². The van der Waals surface area contributed by atoms with Gasteiger partial charge in [0.2, 0.25) is 0 Å². The highest BCUT2D eigenvalue weighted by molar-refractivity contribution is 5.73. The molecule has 0 saturated carbocycles. The summed E-state index contributed by atoms with van der Waals surface area (Å²) in [5, 5.41) is 3.47. The highest BCUT2D eigenvalue weighted by atomic mass is 16.5. The molecule has 1 aromatic heterocycles. The van der Waals surface area contributed by atoms with Crippen molar-refractivity contribution in [3.63, 3.8) is 0 Å². The minimum absolute atomic E-state index is 0.550. The van der Waals surface area contributed by atoms with Crippen LogP contribution in [0.1, 0.15) is 17.7 Å². The molecule has 1 saturated heterocycles. The Kier molecular flexibility index (Phi) is 2.21. The van der Waals surface area contributed by atoms with E-state index in [9.17, 15) is 0 Å². The molecule has 1 aliphatic heterocycles. The number of methoxy groups -OCH3 is 1. The van der Waals surface area contributed by atoms with Gasteiger partial charge in [0.25, 0.3) is 0 Å². The van der Waals surface area contributed by atoms with Gasteiger partial charge < -0.3 is 10.1 Å². The van der Waals surface area contributed by atoms with Gasteiger partial charge in [-0.05, 0) is 30.9 Å². The van der Waals surface area contributed by atoms with Crippen molar-refractivity contribution in [1.82, 2.24) is 10.3 Å². The molecule has 2 atom stereocenters. The minimum atomic E-state index is 0.550. The Morgan fingerprint density at radius 2 is 2.38 bits per heavy atom. The zero-order valence-electron chi connectivity index (χ0n) is 9.66. The summed E-state index contributed by atoms with van der Waals surface area (Å²) in [6.45, 7) is 3.12. The first-order valence-electron chi connectivity index (χ1n) is 5.74. The molecule has 1 aromatic rings.